The van der Waals surface area contributed by atoms with Crippen molar-refractivity contribution in [2.24, 2.45) is 0 Å². The van der Waals surface area contributed by atoms with Crippen LogP contribution in [-0.4, -0.2) is 17.1 Å². The number of nitrogens with zero attached hydrogens (tertiary/aromatic N) is 2. The number of alkyl halides is 3. The summed E-state index contributed by atoms with van der Waals surface area (Å²) in [6.45, 7) is 3.91. The van der Waals surface area contributed by atoms with E-state index in [1.807, 2.05) is 26.0 Å². The quantitative estimate of drug-likeness (QED) is 0.315. The average molecular weight is 434 g/mol. The first kappa shape index (κ1) is 22.0. The maximum atomic E-state index is 12.9. The van der Waals surface area contributed by atoms with Crippen molar-refractivity contribution >= 4 is 11.8 Å². The van der Waals surface area contributed by atoms with Gasteiger partial charge in [0.1, 0.15) is 0 Å². The normalized spacial score (nSPS) is 11.4. The smallest absolute Gasteiger partial charge is 0.416 e. The number of hydrogen-bond acceptors (Lipinski definition) is 5. The highest BCUT2D eigenvalue weighted by molar-refractivity contribution is 7.98. The number of aryl methyl sites for hydroxylation is 2. The molecule has 30 heavy (non-hydrogen) atoms. The van der Waals surface area contributed by atoms with E-state index < -0.39 is 11.7 Å². The fourth-order valence-electron chi connectivity index (χ4n) is 2.70. The molecule has 0 atom stereocenters. The van der Waals surface area contributed by atoms with Crippen molar-refractivity contribution in [1.82, 2.24) is 9.97 Å². The van der Waals surface area contributed by atoms with Crippen LogP contribution in [0, 0.1) is 6.92 Å². The van der Waals surface area contributed by atoms with Crippen molar-refractivity contribution in [2.45, 2.75) is 37.4 Å². The van der Waals surface area contributed by atoms with Crippen LogP contribution in [0.4, 0.5) is 13.2 Å². The fourth-order valence-corrected chi connectivity index (χ4v) is 3.52. The Morgan fingerprint density at radius 3 is 2.50 bits per heavy atom. The molecule has 4 nitrogen and oxygen atoms in total. The molecular weight excluding hydrogens is 413 g/mol. The molecule has 0 aliphatic rings. The van der Waals surface area contributed by atoms with Crippen LogP contribution < -0.4 is 9.47 Å². The summed E-state index contributed by atoms with van der Waals surface area (Å²) in [5, 5.41) is 0.438. The lowest BCUT2D eigenvalue weighted by Crippen LogP contribution is -2.05. The molecule has 0 spiro atoms. The Bertz CT molecular complexity index is 1030. The van der Waals surface area contributed by atoms with E-state index in [0.717, 1.165) is 23.4 Å². The Morgan fingerprint density at radius 2 is 1.80 bits per heavy atom. The van der Waals surface area contributed by atoms with E-state index in [2.05, 4.69) is 9.97 Å². The van der Waals surface area contributed by atoms with Crippen LogP contribution in [0.15, 0.2) is 53.7 Å². The fraction of sp³-hybridized carbons (Fsp3) is 0.273. The summed E-state index contributed by atoms with van der Waals surface area (Å²) >= 11 is 1.26. The molecule has 0 saturated carbocycles. The van der Waals surface area contributed by atoms with E-state index in [0.29, 0.717) is 40.3 Å². The van der Waals surface area contributed by atoms with Gasteiger partial charge < -0.3 is 9.47 Å². The molecule has 3 aromatic rings. The summed E-state index contributed by atoms with van der Waals surface area (Å²) in [6, 6.07) is 12.6. The van der Waals surface area contributed by atoms with Crippen molar-refractivity contribution in [1.29, 1.82) is 0 Å². The Morgan fingerprint density at radius 1 is 1.00 bits per heavy atom. The van der Waals surface area contributed by atoms with Gasteiger partial charge in [-0.3, -0.25) is 0 Å². The van der Waals surface area contributed by atoms with Gasteiger partial charge in [0.15, 0.2) is 16.7 Å². The first-order valence-electron chi connectivity index (χ1n) is 9.28. The number of benzene rings is 2. The van der Waals surface area contributed by atoms with Crippen molar-refractivity contribution < 1.29 is 22.6 Å². The van der Waals surface area contributed by atoms with Gasteiger partial charge >= 0.3 is 6.18 Å². The van der Waals surface area contributed by atoms with E-state index in [4.69, 9.17) is 9.47 Å². The third kappa shape index (κ3) is 5.66. The second-order valence-electron chi connectivity index (χ2n) is 6.58. The highest BCUT2D eigenvalue weighted by Crippen LogP contribution is 2.33. The summed E-state index contributed by atoms with van der Waals surface area (Å²) in [5.41, 5.74) is 1.69. The van der Waals surface area contributed by atoms with Crippen LogP contribution in [0.25, 0.3) is 0 Å². The van der Waals surface area contributed by atoms with Crippen molar-refractivity contribution in [2.75, 3.05) is 7.11 Å². The SMILES string of the molecule is CCc1cc(Oc2ccc(C)cc2OC)nc(SCc2cccc(C(F)(F)F)c2)n1. The Hall–Kier alpha value is -2.74. The van der Waals surface area contributed by atoms with Crippen LogP contribution in [0.2, 0.25) is 0 Å². The standard InChI is InChI=1S/C22H21F3N2O2S/c1-4-17-12-20(29-18-9-8-14(2)10-19(18)28-3)27-21(26-17)30-13-15-6-5-7-16(11-15)22(23,24)25/h5-12H,4,13H2,1-3H3. The van der Waals surface area contributed by atoms with Crippen molar-refractivity contribution in [3.63, 3.8) is 0 Å². The molecule has 3 rings (SSSR count). The third-order valence-corrected chi connectivity index (χ3v) is 5.17. The van der Waals surface area contributed by atoms with E-state index in [1.165, 1.54) is 17.8 Å². The molecule has 158 valence electrons. The molecule has 8 heteroatoms. The van der Waals surface area contributed by atoms with E-state index in [-0.39, 0.29) is 0 Å². The largest absolute Gasteiger partial charge is 0.493 e. The molecule has 0 fully saturated rings. The predicted molar refractivity (Wildman–Crippen MR) is 110 cm³/mol. The highest BCUT2D eigenvalue weighted by Gasteiger charge is 2.30. The number of methoxy groups -OCH3 is 1. The van der Waals surface area contributed by atoms with Crippen molar-refractivity contribution in [3.05, 3.63) is 70.9 Å². The minimum atomic E-state index is -4.37. The van der Waals surface area contributed by atoms with Gasteiger partial charge in [-0.25, -0.2) is 4.98 Å². The van der Waals surface area contributed by atoms with Gasteiger partial charge in [-0.2, -0.15) is 18.2 Å². The first-order valence-corrected chi connectivity index (χ1v) is 10.3. The zero-order valence-electron chi connectivity index (χ0n) is 16.8. The summed E-state index contributed by atoms with van der Waals surface area (Å²) in [4.78, 5) is 8.87. The lowest BCUT2D eigenvalue weighted by Gasteiger charge is -2.12. The van der Waals surface area contributed by atoms with E-state index in [9.17, 15) is 13.2 Å². The number of aromatic nitrogens is 2. The zero-order chi connectivity index (χ0) is 21.7. The van der Waals surface area contributed by atoms with Crippen molar-refractivity contribution in [3.8, 4) is 17.4 Å². The van der Waals surface area contributed by atoms with Gasteiger partial charge in [0.2, 0.25) is 5.88 Å². The summed E-state index contributed by atoms with van der Waals surface area (Å²) in [5.74, 6) is 1.78. The monoisotopic (exact) mass is 434 g/mol. The Kier molecular flexibility index (Phi) is 6.87. The molecule has 0 radical (unpaired) electrons. The average Bonchev–Trinajstić information content (AvgIpc) is 2.73. The molecule has 0 amide bonds. The van der Waals surface area contributed by atoms with Gasteiger partial charge in [0, 0.05) is 17.5 Å². The zero-order valence-corrected chi connectivity index (χ0v) is 17.6. The molecule has 1 aromatic heterocycles. The molecule has 2 aromatic carbocycles. The summed E-state index contributed by atoms with van der Waals surface area (Å²) in [7, 11) is 1.56. The lowest BCUT2D eigenvalue weighted by atomic mass is 10.1. The van der Waals surface area contributed by atoms with Crippen LogP contribution in [-0.2, 0) is 18.3 Å². The molecule has 0 bridgehead atoms. The third-order valence-electron chi connectivity index (χ3n) is 4.25. The Balaban J connectivity index is 1.80. The van der Waals surface area contributed by atoms with Gasteiger partial charge in [0.05, 0.1) is 12.7 Å². The second-order valence-corrected chi connectivity index (χ2v) is 7.52. The molecule has 0 saturated heterocycles. The maximum absolute atomic E-state index is 12.9. The number of ether oxygens (including phenoxy) is 2. The van der Waals surface area contributed by atoms with Gasteiger partial charge in [-0.05, 0) is 42.7 Å². The van der Waals surface area contributed by atoms with Gasteiger partial charge in [-0.1, -0.05) is 43.0 Å². The van der Waals surface area contributed by atoms with Gasteiger partial charge in [-0.15, -0.1) is 0 Å². The Labute approximate surface area is 177 Å². The van der Waals surface area contributed by atoms with Crippen LogP contribution >= 0.6 is 11.8 Å². The first-order chi connectivity index (χ1) is 14.3. The number of rotatable bonds is 7. The summed E-state index contributed by atoms with van der Waals surface area (Å²) in [6.07, 6.45) is -3.70. The van der Waals surface area contributed by atoms with E-state index in [1.54, 1.807) is 25.3 Å². The van der Waals surface area contributed by atoms with Crippen LogP contribution in [0.3, 0.4) is 0 Å². The molecular formula is C22H21F3N2O2S. The number of halogens is 3. The summed E-state index contributed by atoms with van der Waals surface area (Å²) < 4.78 is 50.0. The molecule has 0 N–H and O–H groups in total. The van der Waals surface area contributed by atoms with Crippen LogP contribution in [0.5, 0.6) is 17.4 Å². The predicted octanol–water partition coefficient (Wildman–Crippen LogP) is 6.46. The highest BCUT2D eigenvalue weighted by atomic mass is 32.2. The minimum Gasteiger partial charge on any atom is -0.493 e. The maximum Gasteiger partial charge on any atom is 0.416 e. The number of hydrogen-bond donors (Lipinski definition) is 0. The molecule has 0 aliphatic heterocycles. The molecule has 0 aliphatic carbocycles. The minimum absolute atomic E-state index is 0.310. The topological polar surface area (TPSA) is 44.2 Å². The molecule has 0 unspecified atom stereocenters. The molecule has 1 heterocycles. The van der Waals surface area contributed by atoms with Gasteiger partial charge in [0.25, 0.3) is 0 Å². The lowest BCUT2D eigenvalue weighted by molar-refractivity contribution is -0.137. The van der Waals surface area contributed by atoms with Crippen LogP contribution in [0.1, 0.15) is 29.3 Å². The number of thioether (sulfide) groups is 1. The van der Waals surface area contributed by atoms with E-state index >= 15 is 0 Å². The second kappa shape index (κ2) is 9.38.